The zero-order valence-corrected chi connectivity index (χ0v) is 23.7. The summed E-state index contributed by atoms with van der Waals surface area (Å²) in [5, 5.41) is 9.69. The number of rotatable bonds is 6. The van der Waals surface area contributed by atoms with Gasteiger partial charge in [-0.1, -0.05) is 6.07 Å². The fourth-order valence-corrected chi connectivity index (χ4v) is 6.50. The number of anilines is 2. The molecule has 0 radical (unpaired) electrons. The van der Waals surface area contributed by atoms with Gasteiger partial charge in [-0.05, 0) is 36.2 Å². The zero-order valence-electron chi connectivity index (χ0n) is 23.7. The number of hydrogen-bond donors (Lipinski definition) is 1. The van der Waals surface area contributed by atoms with Crippen LogP contribution in [-0.2, 0) is 15.7 Å². The van der Waals surface area contributed by atoms with Crippen molar-refractivity contribution in [1.82, 2.24) is 9.55 Å². The Kier molecular flexibility index (Phi) is 6.89. The maximum absolute atomic E-state index is 14.4. The number of alkyl halides is 3. The highest BCUT2D eigenvalue weighted by Crippen LogP contribution is 2.41. The first-order valence-electron chi connectivity index (χ1n) is 14.3. The third-order valence-corrected chi connectivity index (χ3v) is 8.85. The molecule has 0 aliphatic carbocycles. The van der Waals surface area contributed by atoms with E-state index >= 15 is 0 Å². The second-order valence-electron chi connectivity index (χ2n) is 11.5. The molecule has 0 saturated carbocycles. The summed E-state index contributed by atoms with van der Waals surface area (Å²) in [6.45, 7) is 3.66. The molecule has 0 spiro atoms. The Morgan fingerprint density at radius 1 is 1.05 bits per heavy atom. The number of aromatic carboxylic acids is 1. The number of oxazole rings is 1. The van der Waals surface area contributed by atoms with Crippen LogP contribution >= 0.6 is 0 Å². The van der Waals surface area contributed by atoms with Crippen LogP contribution < -0.4 is 15.2 Å². The molecule has 3 fully saturated rings. The molecule has 2 aromatic heterocycles. The number of benzene rings is 2. The van der Waals surface area contributed by atoms with Crippen molar-refractivity contribution < 1.29 is 37.0 Å². The summed E-state index contributed by atoms with van der Waals surface area (Å²) in [6, 6.07) is 10.4. The minimum absolute atomic E-state index is 0.0186. The van der Waals surface area contributed by atoms with Crippen molar-refractivity contribution in [2.45, 2.75) is 18.7 Å². The molecule has 3 unspecified atom stereocenters. The Bertz CT molecular complexity index is 1810. The SMILES string of the molecule is COC1CCN(c2ccc(-c3cc(=O)c(C(=O)O)cn3-c3ccc4nc(N5CC6COCC6C5)oc4c3)cc2C(F)(F)F)C1. The van der Waals surface area contributed by atoms with Crippen LogP contribution in [0.1, 0.15) is 22.3 Å². The molecule has 3 atom stereocenters. The van der Waals surface area contributed by atoms with E-state index < -0.39 is 28.7 Å². The molecule has 44 heavy (non-hydrogen) atoms. The fraction of sp³-hybridized carbons (Fsp3) is 0.387. The van der Waals surface area contributed by atoms with Gasteiger partial charge in [-0.2, -0.15) is 18.2 Å². The molecule has 10 nitrogen and oxygen atoms in total. The smallest absolute Gasteiger partial charge is 0.418 e. The van der Waals surface area contributed by atoms with E-state index in [9.17, 15) is 27.9 Å². The van der Waals surface area contributed by atoms with Crippen LogP contribution in [0.4, 0.5) is 24.9 Å². The van der Waals surface area contributed by atoms with Crippen LogP contribution in [0.5, 0.6) is 0 Å². The van der Waals surface area contributed by atoms with Crippen LogP contribution in [-0.4, -0.2) is 73.2 Å². The maximum atomic E-state index is 14.4. The molecule has 7 rings (SSSR count). The number of carboxylic acid groups (broad SMARTS) is 1. The van der Waals surface area contributed by atoms with Gasteiger partial charge < -0.3 is 33.4 Å². The normalized spacial score (nSPS) is 21.9. The highest BCUT2D eigenvalue weighted by molar-refractivity contribution is 5.88. The van der Waals surface area contributed by atoms with Gasteiger partial charge in [0.25, 0.3) is 6.01 Å². The highest BCUT2D eigenvalue weighted by atomic mass is 19.4. The number of aromatic nitrogens is 2. The van der Waals surface area contributed by atoms with Gasteiger partial charge in [0, 0.05) is 74.8 Å². The van der Waals surface area contributed by atoms with Gasteiger partial charge in [-0.15, -0.1) is 0 Å². The van der Waals surface area contributed by atoms with Gasteiger partial charge >= 0.3 is 12.1 Å². The molecule has 230 valence electrons. The quantitative estimate of drug-likeness (QED) is 0.333. The van der Waals surface area contributed by atoms with Crippen LogP contribution in [0.2, 0.25) is 0 Å². The summed E-state index contributed by atoms with van der Waals surface area (Å²) in [5.41, 5.74) is -0.605. The maximum Gasteiger partial charge on any atom is 0.418 e. The Morgan fingerprint density at radius 2 is 1.82 bits per heavy atom. The van der Waals surface area contributed by atoms with Crippen LogP contribution in [0.25, 0.3) is 28.0 Å². The minimum Gasteiger partial charge on any atom is -0.477 e. The molecular weight excluding hydrogens is 581 g/mol. The molecule has 0 bridgehead atoms. The van der Waals surface area contributed by atoms with Crippen LogP contribution in [0, 0.1) is 11.8 Å². The zero-order chi connectivity index (χ0) is 30.7. The van der Waals surface area contributed by atoms with Crippen molar-refractivity contribution in [3.05, 3.63) is 70.0 Å². The third kappa shape index (κ3) is 4.99. The van der Waals surface area contributed by atoms with Crippen molar-refractivity contribution in [3.63, 3.8) is 0 Å². The van der Waals surface area contributed by atoms with E-state index in [1.807, 2.05) is 0 Å². The predicted octanol–water partition coefficient (Wildman–Crippen LogP) is 4.67. The molecule has 4 aromatic rings. The largest absolute Gasteiger partial charge is 0.477 e. The standard InChI is InChI=1S/C31H29F3N4O6/c1-42-21-6-7-36(13-21)25-5-2-17(8-23(25)31(32,33)34)26-10-27(39)22(29(40)41)14-38(26)20-3-4-24-28(9-20)44-30(35-24)37-11-18-15-43-16-19(18)12-37/h2-5,8-10,14,18-19,21H,6-7,11-13,15-16H2,1H3,(H,40,41). The number of pyridine rings is 1. The number of halogens is 3. The van der Waals surface area contributed by atoms with Gasteiger partial charge in [-0.25, -0.2) is 4.79 Å². The topological polar surface area (TPSA) is 110 Å². The van der Waals surface area contributed by atoms with Crippen molar-refractivity contribution >= 4 is 28.8 Å². The molecule has 3 saturated heterocycles. The fourth-order valence-electron chi connectivity index (χ4n) is 6.50. The summed E-state index contributed by atoms with van der Waals surface area (Å²) < 4.78 is 61.6. The Hall–Kier alpha value is -4.36. The van der Waals surface area contributed by atoms with E-state index in [0.29, 0.717) is 67.4 Å². The van der Waals surface area contributed by atoms with Gasteiger partial charge in [0.05, 0.1) is 30.6 Å². The summed E-state index contributed by atoms with van der Waals surface area (Å²) in [7, 11) is 1.53. The first kappa shape index (κ1) is 28.4. The van der Waals surface area contributed by atoms with Crippen LogP contribution in [0.15, 0.2) is 57.9 Å². The number of methoxy groups -OCH3 is 1. The summed E-state index contributed by atoms with van der Waals surface area (Å²) in [4.78, 5) is 33.1. The minimum atomic E-state index is -4.68. The lowest BCUT2D eigenvalue weighted by Crippen LogP contribution is -2.25. The van der Waals surface area contributed by atoms with E-state index in [-0.39, 0.29) is 23.0 Å². The third-order valence-electron chi connectivity index (χ3n) is 8.85. The first-order chi connectivity index (χ1) is 21.1. The Balaban J connectivity index is 1.31. The molecule has 3 aliphatic rings. The number of carboxylic acids is 1. The van der Waals surface area contributed by atoms with E-state index in [1.165, 1.54) is 23.8 Å². The number of hydrogen-bond acceptors (Lipinski definition) is 8. The van der Waals surface area contributed by atoms with E-state index in [0.717, 1.165) is 31.4 Å². The van der Waals surface area contributed by atoms with E-state index in [2.05, 4.69) is 9.88 Å². The lowest BCUT2D eigenvalue weighted by atomic mass is 10.0. The van der Waals surface area contributed by atoms with Crippen molar-refractivity contribution in [3.8, 4) is 16.9 Å². The van der Waals surface area contributed by atoms with Gasteiger partial charge in [0.15, 0.2) is 11.0 Å². The Labute approximate surface area is 249 Å². The second kappa shape index (κ2) is 10.7. The molecule has 13 heteroatoms. The summed E-state index contributed by atoms with van der Waals surface area (Å²) >= 11 is 0. The monoisotopic (exact) mass is 610 g/mol. The van der Waals surface area contributed by atoms with Crippen molar-refractivity contribution in [1.29, 1.82) is 0 Å². The molecular formula is C31H29F3N4O6. The van der Waals surface area contributed by atoms with Crippen LogP contribution in [0.3, 0.4) is 0 Å². The molecule has 2 aromatic carbocycles. The average molecular weight is 611 g/mol. The van der Waals surface area contributed by atoms with Crippen molar-refractivity contribution in [2.24, 2.45) is 11.8 Å². The number of carbonyl (C=O) groups is 1. The summed E-state index contributed by atoms with van der Waals surface area (Å²) in [6.07, 6.45) is -3.12. The number of fused-ring (bicyclic) bond motifs is 2. The molecule has 0 amide bonds. The lowest BCUT2D eigenvalue weighted by molar-refractivity contribution is -0.137. The molecule has 5 heterocycles. The van der Waals surface area contributed by atoms with E-state index in [1.54, 1.807) is 23.1 Å². The summed E-state index contributed by atoms with van der Waals surface area (Å²) in [5.74, 6) is -0.618. The average Bonchev–Trinajstić information content (AvgIpc) is 3.79. The lowest BCUT2D eigenvalue weighted by Gasteiger charge is -2.24. The van der Waals surface area contributed by atoms with Gasteiger partial charge in [0.2, 0.25) is 0 Å². The molecule has 1 N–H and O–H groups in total. The predicted molar refractivity (Wildman–Crippen MR) is 155 cm³/mol. The Morgan fingerprint density at radius 3 is 2.50 bits per heavy atom. The number of ether oxygens (including phenoxy) is 2. The molecule has 3 aliphatic heterocycles. The highest BCUT2D eigenvalue weighted by Gasteiger charge is 2.39. The van der Waals surface area contributed by atoms with Crippen molar-refractivity contribution in [2.75, 3.05) is 56.3 Å². The number of nitrogens with zero attached hydrogens (tertiary/aromatic N) is 4. The van der Waals surface area contributed by atoms with Gasteiger partial charge in [0.1, 0.15) is 11.1 Å². The van der Waals surface area contributed by atoms with E-state index in [4.69, 9.17) is 13.9 Å². The first-order valence-corrected chi connectivity index (χ1v) is 14.3. The second-order valence-corrected chi connectivity index (χ2v) is 11.5. The van der Waals surface area contributed by atoms with Gasteiger partial charge in [-0.3, -0.25) is 4.79 Å².